The number of likely N-dealkylation sites (tertiary alicyclic amines) is 2. The van der Waals surface area contributed by atoms with Crippen LogP contribution < -0.4 is 0 Å². The number of pyridine rings is 1. The molecule has 0 spiro atoms. The fourth-order valence-electron chi connectivity index (χ4n) is 3.02. The van der Waals surface area contributed by atoms with Gasteiger partial charge in [-0.15, -0.1) is 0 Å². The summed E-state index contributed by atoms with van der Waals surface area (Å²) in [7, 11) is 0. The molecule has 0 N–H and O–H groups in total. The van der Waals surface area contributed by atoms with Crippen molar-refractivity contribution in [2.45, 2.75) is 31.7 Å². The summed E-state index contributed by atoms with van der Waals surface area (Å²) >= 11 is 0. The van der Waals surface area contributed by atoms with Crippen LogP contribution in [-0.4, -0.2) is 52.9 Å². The van der Waals surface area contributed by atoms with E-state index in [1.807, 2.05) is 24.1 Å². The van der Waals surface area contributed by atoms with Crippen LogP contribution in [0.4, 0.5) is 0 Å². The lowest BCUT2D eigenvalue weighted by atomic mass is 9.91. The Morgan fingerprint density at radius 2 is 2.11 bits per heavy atom. The van der Waals surface area contributed by atoms with Crippen LogP contribution in [0, 0.1) is 0 Å². The molecular weight excluding hydrogens is 238 g/mol. The standard InChI is InChI=1S/C15H21N3O/c1-12(15(19)17-7-2-3-8-17)18-10-14(11-18)13-5-4-6-16-9-13/h4-6,9,12,14H,2-3,7-8,10-11H2,1H3/t12-/m1/s1. The fourth-order valence-corrected chi connectivity index (χ4v) is 3.02. The molecule has 1 aromatic heterocycles. The summed E-state index contributed by atoms with van der Waals surface area (Å²) < 4.78 is 0. The largest absolute Gasteiger partial charge is 0.341 e. The number of hydrogen-bond acceptors (Lipinski definition) is 3. The second kappa shape index (κ2) is 5.29. The van der Waals surface area contributed by atoms with Gasteiger partial charge in [0.2, 0.25) is 5.91 Å². The van der Waals surface area contributed by atoms with Gasteiger partial charge in [0.05, 0.1) is 6.04 Å². The molecule has 0 aromatic carbocycles. The minimum absolute atomic E-state index is 0.0334. The van der Waals surface area contributed by atoms with Crippen molar-refractivity contribution >= 4 is 5.91 Å². The SMILES string of the molecule is C[C@H](C(=O)N1CCCC1)N1CC(c2cccnc2)C1. The Bertz CT molecular complexity index is 436. The highest BCUT2D eigenvalue weighted by Gasteiger charge is 2.36. The molecule has 1 aromatic rings. The van der Waals surface area contributed by atoms with Crippen LogP contribution in [0.25, 0.3) is 0 Å². The van der Waals surface area contributed by atoms with Gasteiger partial charge in [-0.3, -0.25) is 14.7 Å². The Labute approximate surface area is 114 Å². The van der Waals surface area contributed by atoms with Crippen molar-refractivity contribution < 1.29 is 4.79 Å². The quantitative estimate of drug-likeness (QED) is 0.825. The molecule has 1 amide bonds. The summed E-state index contributed by atoms with van der Waals surface area (Å²) in [6, 6.07) is 4.14. The molecule has 2 aliphatic heterocycles. The summed E-state index contributed by atoms with van der Waals surface area (Å²) in [6.07, 6.45) is 6.07. The van der Waals surface area contributed by atoms with Crippen molar-refractivity contribution in [2.75, 3.05) is 26.2 Å². The molecule has 3 heterocycles. The van der Waals surface area contributed by atoms with Crippen LogP contribution in [0.3, 0.4) is 0 Å². The maximum Gasteiger partial charge on any atom is 0.239 e. The first-order valence-electron chi connectivity index (χ1n) is 7.18. The Hall–Kier alpha value is -1.42. The third kappa shape index (κ3) is 2.50. The minimum Gasteiger partial charge on any atom is -0.341 e. The molecule has 4 heteroatoms. The highest BCUT2D eigenvalue weighted by molar-refractivity contribution is 5.81. The van der Waals surface area contributed by atoms with E-state index in [0.717, 1.165) is 39.0 Å². The Balaban J connectivity index is 1.54. The zero-order valence-electron chi connectivity index (χ0n) is 11.5. The van der Waals surface area contributed by atoms with E-state index in [4.69, 9.17) is 0 Å². The molecule has 19 heavy (non-hydrogen) atoms. The van der Waals surface area contributed by atoms with Gasteiger partial charge in [0.25, 0.3) is 0 Å². The molecule has 2 saturated heterocycles. The van der Waals surface area contributed by atoms with Gasteiger partial charge in [-0.1, -0.05) is 6.07 Å². The molecule has 2 aliphatic rings. The van der Waals surface area contributed by atoms with E-state index >= 15 is 0 Å². The Morgan fingerprint density at radius 1 is 1.37 bits per heavy atom. The van der Waals surface area contributed by atoms with E-state index in [0.29, 0.717) is 11.8 Å². The first kappa shape index (κ1) is 12.6. The topological polar surface area (TPSA) is 36.4 Å². The molecule has 2 fully saturated rings. The maximum absolute atomic E-state index is 12.3. The van der Waals surface area contributed by atoms with Gasteiger partial charge >= 0.3 is 0 Å². The van der Waals surface area contributed by atoms with Crippen molar-refractivity contribution in [3.63, 3.8) is 0 Å². The maximum atomic E-state index is 12.3. The number of aromatic nitrogens is 1. The number of hydrogen-bond donors (Lipinski definition) is 0. The van der Waals surface area contributed by atoms with Crippen molar-refractivity contribution in [3.8, 4) is 0 Å². The van der Waals surface area contributed by atoms with E-state index in [2.05, 4.69) is 16.0 Å². The first-order valence-corrected chi connectivity index (χ1v) is 7.18. The first-order chi connectivity index (χ1) is 9.25. The molecule has 3 rings (SSSR count). The molecular formula is C15H21N3O. The predicted octanol–water partition coefficient (Wildman–Crippen LogP) is 1.49. The van der Waals surface area contributed by atoms with E-state index in [1.165, 1.54) is 5.56 Å². The number of carbonyl (C=O) groups is 1. The van der Waals surface area contributed by atoms with E-state index in [-0.39, 0.29) is 6.04 Å². The summed E-state index contributed by atoms with van der Waals surface area (Å²) in [5, 5.41) is 0. The molecule has 0 radical (unpaired) electrons. The number of rotatable bonds is 3. The average molecular weight is 259 g/mol. The third-order valence-electron chi connectivity index (χ3n) is 4.39. The molecule has 0 saturated carbocycles. The Morgan fingerprint density at radius 3 is 2.74 bits per heavy atom. The minimum atomic E-state index is 0.0334. The molecule has 4 nitrogen and oxygen atoms in total. The van der Waals surface area contributed by atoms with Crippen LogP contribution in [0.15, 0.2) is 24.5 Å². The number of amides is 1. The predicted molar refractivity (Wildman–Crippen MR) is 73.8 cm³/mol. The van der Waals surface area contributed by atoms with Crippen LogP contribution in [-0.2, 0) is 4.79 Å². The second-order valence-electron chi connectivity index (χ2n) is 5.65. The molecule has 1 atom stereocenters. The zero-order chi connectivity index (χ0) is 13.2. The summed E-state index contributed by atoms with van der Waals surface area (Å²) in [6.45, 7) is 5.89. The average Bonchev–Trinajstić information content (AvgIpc) is 2.91. The molecule has 0 bridgehead atoms. The molecule has 102 valence electrons. The normalized spacial score (nSPS) is 22.3. The van der Waals surface area contributed by atoms with Gasteiger partial charge in [-0.05, 0) is 31.4 Å². The lowest BCUT2D eigenvalue weighted by Gasteiger charge is -2.43. The second-order valence-corrected chi connectivity index (χ2v) is 5.65. The van der Waals surface area contributed by atoms with E-state index < -0.39 is 0 Å². The van der Waals surface area contributed by atoms with Gasteiger partial charge in [0.1, 0.15) is 0 Å². The number of nitrogens with zero attached hydrogens (tertiary/aromatic N) is 3. The van der Waals surface area contributed by atoms with Gasteiger partial charge in [0, 0.05) is 44.5 Å². The van der Waals surface area contributed by atoms with Crippen molar-refractivity contribution in [2.24, 2.45) is 0 Å². The van der Waals surface area contributed by atoms with Crippen molar-refractivity contribution in [1.29, 1.82) is 0 Å². The van der Waals surface area contributed by atoms with Gasteiger partial charge < -0.3 is 4.90 Å². The molecule has 0 unspecified atom stereocenters. The van der Waals surface area contributed by atoms with Crippen molar-refractivity contribution in [3.05, 3.63) is 30.1 Å². The highest BCUT2D eigenvalue weighted by atomic mass is 16.2. The summed E-state index contributed by atoms with van der Waals surface area (Å²) in [5.74, 6) is 0.852. The van der Waals surface area contributed by atoms with Crippen LogP contribution in [0.5, 0.6) is 0 Å². The number of carbonyl (C=O) groups excluding carboxylic acids is 1. The van der Waals surface area contributed by atoms with E-state index in [9.17, 15) is 4.79 Å². The van der Waals surface area contributed by atoms with Gasteiger partial charge in [0.15, 0.2) is 0 Å². The van der Waals surface area contributed by atoms with Crippen LogP contribution in [0.2, 0.25) is 0 Å². The lowest BCUT2D eigenvalue weighted by molar-refractivity contribution is -0.137. The monoisotopic (exact) mass is 259 g/mol. The Kier molecular flexibility index (Phi) is 3.51. The smallest absolute Gasteiger partial charge is 0.239 e. The van der Waals surface area contributed by atoms with Gasteiger partial charge in [-0.2, -0.15) is 0 Å². The zero-order valence-corrected chi connectivity index (χ0v) is 11.5. The van der Waals surface area contributed by atoms with Crippen LogP contribution in [0.1, 0.15) is 31.2 Å². The summed E-state index contributed by atoms with van der Waals surface area (Å²) in [4.78, 5) is 20.7. The highest BCUT2D eigenvalue weighted by Crippen LogP contribution is 2.28. The third-order valence-corrected chi connectivity index (χ3v) is 4.39. The van der Waals surface area contributed by atoms with Gasteiger partial charge in [-0.25, -0.2) is 0 Å². The fraction of sp³-hybridized carbons (Fsp3) is 0.600. The summed E-state index contributed by atoms with van der Waals surface area (Å²) in [5.41, 5.74) is 1.29. The molecule has 0 aliphatic carbocycles. The van der Waals surface area contributed by atoms with Crippen LogP contribution >= 0.6 is 0 Å². The van der Waals surface area contributed by atoms with Crippen molar-refractivity contribution in [1.82, 2.24) is 14.8 Å². The van der Waals surface area contributed by atoms with E-state index in [1.54, 1.807) is 6.20 Å². The lowest BCUT2D eigenvalue weighted by Crippen LogP contribution is -2.55.